The Balaban J connectivity index is 2.12. The van der Waals surface area contributed by atoms with Gasteiger partial charge in [0.25, 0.3) is 5.91 Å². The molecule has 7 heteroatoms. The van der Waals surface area contributed by atoms with Crippen LogP contribution >= 0.6 is 27.5 Å². The zero-order chi connectivity index (χ0) is 16.8. The average molecular weight is 396 g/mol. The third kappa shape index (κ3) is 5.19. The molecule has 0 aliphatic rings. The van der Waals surface area contributed by atoms with Crippen molar-refractivity contribution >= 4 is 45.6 Å². The first-order valence-electron chi connectivity index (χ1n) is 6.52. The van der Waals surface area contributed by atoms with Crippen LogP contribution in [0.1, 0.15) is 22.8 Å². The van der Waals surface area contributed by atoms with Gasteiger partial charge in [0.05, 0.1) is 6.21 Å². The van der Waals surface area contributed by atoms with Crippen molar-refractivity contribution in [3.05, 3.63) is 63.1 Å². The van der Waals surface area contributed by atoms with E-state index in [-0.39, 0.29) is 0 Å². The number of hydrogen-bond acceptors (Lipinski definition) is 4. The van der Waals surface area contributed by atoms with E-state index >= 15 is 0 Å². The molecule has 5 nitrogen and oxygen atoms in total. The molecule has 2 aromatic carbocycles. The average Bonchev–Trinajstić information content (AvgIpc) is 2.49. The molecule has 0 saturated heterocycles. The van der Waals surface area contributed by atoms with Crippen LogP contribution in [0.4, 0.5) is 0 Å². The molecule has 0 spiro atoms. The molecule has 23 heavy (non-hydrogen) atoms. The third-order valence-corrected chi connectivity index (χ3v) is 3.41. The third-order valence-electron chi connectivity index (χ3n) is 2.68. The van der Waals surface area contributed by atoms with Crippen molar-refractivity contribution in [3.63, 3.8) is 0 Å². The van der Waals surface area contributed by atoms with Crippen LogP contribution in [0.25, 0.3) is 0 Å². The summed E-state index contributed by atoms with van der Waals surface area (Å²) in [5.74, 6) is -0.487. The number of esters is 1. The van der Waals surface area contributed by atoms with Crippen molar-refractivity contribution in [2.24, 2.45) is 5.10 Å². The Hall–Kier alpha value is -2.18. The SMILES string of the molecule is CC(=O)Oc1ccc(Br)cc1/C=N\NC(=O)c1cccc(Cl)c1. The molecular formula is C16H12BrClN2O3. The Kier molecular flexibility index (Phi) is 5.90. The summed E-state index contributed by atoms with van der Waals surface area (Å²) in [6.45, 7) is 1.31. The summed E-state index contributed by atoms with van der Waals surface area (Å²) < 4.78 is 5.87. The fraction of sp³-hybridized carbons (Fsp3) is 0.0625. The lowest BCUT2D eigenvalue weighted by molar-refractivity contribution is -0.131. The van der Waals surface area contributed by atoms with Gasteiger partial charge < -0.3 is 4.74 Å². The molecule has 0 aliphatic carbocycles. The van der Waals surface area contributed by atoms with E-state index in [4.69, 9.17) is 16.3 Å². The Labute approximate surface area is 146 Å². The van der Waals surface area contributed by atoms with Gasteiger partial charge in [0.1, 0.15) is 5.75 Å². The van der Waals surface area contributed by atoms with Crippen molar-refractivity contribution in [1.82, 2.24) is 5.43 Å². The topological polar surface area (TPSA) is 67.8 Å². The second kappa shape index (κ2) is 7.89. The maximum Gasteiger partial charge on any atom is 0.308 e. The van der Waals surface area contributed by atoms with Gasteiger partial charge in [-0.05, 0) is 36.4 Å². The maximum absolute atomic E-state index is 11.9. The van der Waals surface area contributed by atoms with E-state index in [1.807, 2.05) is 0 Å². The fourth-order valence-corrected chi connectivity index (χ4v) is 2.29. The van der Waals surface area contributed by atoms with E-state index in [1.165, 1.54) is 19.2 Å². The smallest absolute Gasteiger partial charge is 0.308 e. The molecule has 0 unspecified atom stereocenters. The monoisotopic (exact) mass is 394 g/mol. The Morgan fingerprint density at radius 2 is 2.04 bits per heavy atom. The highest BCUT2D eigenvalue weighted by atomic mass is 79.9. The van der Waals surface area contributed by atoms with Crippen LogP contribution in [-0.2, 0) is 4.79 Å². The summed E-state index contributed by atoms with van der Waals surface area (Å²) in [5.41, 5.74) is 3.33. The number of amides is 1. The van der Waals surface area contributed by atoms with E-state index in [1.54, 1.807) is 36.4 Å². The lowest BCUT2D eigenvalue weighted by Crippen LogP contribution is -2.17. The van der Waals surface area contributed by atoms with Gasteiger partial charge in [-0.15, -0.1) is 0 Å². The van der Waals surface area contributed by atoms with Crippen LogP contribution in [-0.4, -0.2) is 18.1 Å². The highest BCUT2D eigenvalue weighted by Crippen LogP contribution is 2.22. The first-order chi connectivity index (χ1) is 11.0. The molecule has 0 aromatic heterocycles. The Morgan fingerprint density at radius 3 is 2.74 bits per heavy atom. The van der Waals surface area contributed by atoms with Crippen LogP contribution in [0.5, 0.6) is 5.75 Å². The maximum atomic E-state index is 11.9. The van der Waals surface area contributed by atoms with Gasteiger partial charge in [-0.2, -0.15) is 5.10 Å². The van der Waals surface area contributed by atoms with Crippen LogP contribution < -0.4 is 10.2 Å². The molecular weight excluding hydrogens is 384 g/mol. The minimum Gasteiger partial charge on any atom is -0.426 e. The fourth-order valence-electron chi connectivity index (χ4n) is 1.72. The van der Waals surface area contributed by atoms with Gasteiger partial charge in [-0.1, -0.05) is 33.6 Å². The largest absolute Gasteiger partial charge is 0.426 e. The van der Waals surface area contributed by atoms with Gasteiger partial charge in [-0.3, -0.25) is 9.59 Å². The molecule has 1 N–H and O–H groups in total. The second-order valence-electron chi connectivity index (χ2n) is 4.49. The quantitative estimate of drug-likeness (QED) is 0.371. The van der Waals surface area contributed by atoms with Gasteiger partial charge >= 0.3 is 5.97 Å². The molecule has 0 radical (unpaired) electrons. The van der Waals surface area contributed by atoms with Crippen LogP contribution in [0.2, 0.25) is 5.02 Å². The van der Waals surface area contributed by atoms with E-state index in [0.717, 1.165) is 4.47 Å². The molecule has 118 valence electrons. The molecule has 0 bridgehead atoms. The molecule has 0 saturated carbocycles. The highest BCUT2D eigenvalue weighted by Gasteiger charge is 2.07. The van der Waals surface area contributed by atoms with Crippen LogP contribution in [0.15, 0.2) is 52.0 Å². The number of nitrogens with one attached hydrogen (secondary N) is 1. The van der Waals surface area contributed by atoms with Crippen LogP contribution in [0, 0.1) is 0 Å². The van der Waals surface area contributed by atoms with Gasteiger partial charge in [-0.25, -0.2) is 5.43 Å². The van der Waals surface area contributed by atoms with Crippen molar-refractivity contribution in [2.75, 3.05) is 0 Å². The number of carbonyl (C=O) groups is 2. The number of rotatable bonds is 4. The molecule has 0 heterocycles. The van der Waals surface area contributed by atoms with Gasteiger partial charge in [0, 0.05) is 27.5 Å². The number of benzene rings is 2. The molecule has 2 rings (SSSR count). The van der Waals surface area contributed by atoms with Crippen molar-refractivity contribution in [2.45, 2.75) is 6.92 Å². The minimum absolute atomic E-state index is 0.349. The van der Waals surface area contributed by atoms with E-state index < -0.39 is 11.9 Å². The van der Waals surface area contributed by atoms with E-state index in [0.29, 0.717) is 21.9 Å². The zero-order valence-corrected chi connectivity index (χ0v) is 14.4. The lowest BCUT2D eigenvalue weighted by Gasteiger charge is -2.06. The van der Waals surface area contributed by atoms with Gasteiger partial charge in [0.2, 0.25) is 0 Å². The normalized spacial score (nSPS) is 10.6. The predicted octanol–water partition coefficient (Wildman–Crippen LogP) is 3.79. The summed E-state index contributed by atoms with van der Waals surface area (Å²) in [4.78, 5) is 23.0. The number of hydrogen-bond donors (Lipinski definition) is 1. The highest BCUT2D eigenvalue weighted by molar-refractivity contribution is 9.10. The Morgan fingerprint density at radius 1 is 1.26 bits per heavy atom. The molecule has 0 fully saturated rings. The minimum atomic E-state index is -0.440. The molecule has 0 atom stereocenters. The van der Waals surface area contributed by atoms with E-state index in [9.17, 15) is 9.59 Å². The lowest BCUT2D eigenvalue weighted by atomic mass is 10.2. The molecule has 0 aliphatic heterocycles. The number of carbonyl (C=O) groups excluding carboxylic acids is 2. The van der Waals surface area contributed by atoms with E-state index in [2.05, 4.69) is 26.5 Å². The second-order valence-corrected chi connectivity index (χ2v) is 5.84. The number of halogens is 2. The van der Waals surface area contributed by atoms with Crippen molar-refractivity contribution in [3.8, 4) is 5.75 Å². The zero-order valence-electron chi connectivity index (χ0n) is 12.0. The number of ether oxygens (including phenoxy) is 1. The van der Waals surface area contributed by atoms with Gasteiger partial charge in [0.15, 0.2) is 0 Å². The van der Waals surface area contributed by atoms with Crippen molar-refractivity contribution in [1.29, 1.82) is 0 Å². The molecule has 1 amide bonds. The first-order valence-corrected chi connectivity index (χ1v) is 7.70. The summed E-state index contributed by atoms with van der Waals surface area (Å²) in [5, 5.41) is 4.34. The molecule has 2 aromatic rings. The summed E-state index contributed by atoms with van der Waals surface area (Å²) >= 11 is 9.16. The number of hydrazone groups is 1. The van der Waals surface area contributed by atoms with Crippen molar-refractivity contribution < 1.29 is 14.3 Å². The summed E-state index contributed by atoms with van der Waals surface area (Å²) in [7, 11) is 0. The summed E-state index contributed by atoms with van der Waals surface area (Å²) in [6.07, 6.45) is 1.39. The summed E-state index contributed by atoms with van der Waals surface area (Å²) in [6, 6.07) is 11.6. The number of nitrogens with zero attached hydrogens (tertiary/aromatic N) is 1. The Bertz CT molecular complexity index is 778. The predicted molar refractivity (Wildman–Crippen MR) is 92.0 cm³/mol. The van der Waals surface area contributed by atoms with Crippen LogP contribution in [0.3, 0.4) is 0 Å². The standard InChI is InChI=1S/C16H12BrClN2O3/c1-10(21)23-15-6-5-13(17)7-12(15)9-19-20-16(22)11-3-2-4-14(18)8-11/h2-9H,1H3,(H,20,22)/b19-9-. The first kappa shape index (κ1) is 17.2.